The van der Waals surface area contributed by atoms with E-state index in [1.807, 2.05) is 0 Å². The molecule has 0 heterocycles. The van der Waals surface area contributed by atoms with E-state index < -0.39 is 11.8 Å². The summed E-state index contributed by atoms with van der Waals surface area (Å²) in [7, 11) is 0. The van der Waals surface area contributed by atoms with Gasteiger partial charge >= 0.3 is 5.97 Å². The van der Waals surface area contributed by atoms with Crippen molar-refractivity contribution in [2.75, 3.05) is 6.61 Å². The zero-order chi connectivity index (χ0) is 14.4. The van der Waals surface area contributed by atoms with E-state index in [4.69, 9.17) is 4.74 Å². The van der Waals surface area contributed by atoms with Crippen LogP contribution in [0.3, 0.4) is 0 Å². The molecule has 2 aromatic rings. The van der Waals surface area contributed by atoms with Crippen LogP contribution in [0.15, 0.2) is 53.5 Å². The minimum absolute atomic E-state index is 0.228. The largest absolute Gasteiger partial charge is 0.462 e. The fourth-order valence-corrected chi connectivity index (χ4v) is 1.70. The van der Waals surface area contributed by atoms with E-state index in [1.54, 1.807) is 49.4 Å². The molecule has 0 saturated carbocycles. The summed E-state index contributed by atoms with van der Waals surface area (Å²) < 4.78 is 18.4. The molecule has 0 atom stereocenters. The first-order chi connectivity index (χ1) is 9.72. The summed E-state index contributed by atoms with van der Waals surface area (Å²) in [6.07, 6.45) is 1.46. The molecule has 0 N–H and O–H groups in total. The standard InChI is InChI=1S/C16H14FNO2/c1-2-20-16(19)13-8-4-3-7-12(13)11-18-15-10-6-5-9-14(15)17/h3-11H,2H2,1H3/b18-11-. The monoisotopic (exact) mass is 271 g/mol. The van der Waals surface area contributed by atoms with Crippen LogP contribution in [-0.4, -0.2) is 18.8 Å². The lowest BCUT2D eigenvalue weighted by atomic mass is 10.1. The number of carbonyl (C=O) groups excluding carboxylic acids is 1. The van der Waals surface area contributed by atoms with Gasteiger partial charge < -0.3 is 4.74 Å². The van der Waals surface area contributed by atoms with Crippen LogP contribution in [0.1, 0.15) is 22.8 Å². The molecular formula is C16H14FNO2. The molecule has 2 rings (SSSR count). The average Bonchev–Trinajstić information content (AvgIpc) is 2.47. The number of hydrogen-bond donors (Lipinski definition) is 0. The molecule has 0 bridgehead atoms. The fraction of sp³-hybridized carbons (Fsp3) is 0.125. The number of hydrogen-bond acceptors (Lipinski definition) is 3. The second-order valence-electron chi connectivity index (χ2n) is 4.02. The molecular weight excluding hydrogens is 257 g/mol. The van der Waals surface area contributed by atoms with Crippen molar-refractivity contribution in [3.63, 3.8) is 0 Å². The number of halogens is 1. The fourth-order valence-electron chi connectivity index (χ4n) is 1.70. The second-order valence-corrected chi connectivity index (χ2v) is 4.02. The molecule has 0 spiro atoms. The summed E-state index contributed by atoms with van der Waals surface area (Å²) in [5.41, 5.74) is 1.23. The van der Waals surface area contributed by atoms with Gasteiger partial charge in [0.05, 0.1) is 17.9 Å². The highest BCUT2D eigenvalue weighted by Crippen LogP contribution is 2.17. The van der Waals surface area contributed by atoms with Crippen LogP contribution in [0.2, 0.25) is 0 Å². The van der Waals surface area contributed by atoms with E-state index in [0.29, 0.717) is 17.7 Å². The lowest BCUT2D eigenvalue weighted by Gasteiger charge is -2.04. The zero-order valence-electron chi connectivity index (χ0n) is 11.0. The average molecular weight is 271 g/mol. The first-order valence-corrected chi connectivity index (χ1v) is 6.27. The van der Waals surface area contributed by atoms with Gasteiger partial charge in [0, 0.05) is 11.8 Å². The Labute approximate surface area is 116 Å². The number of nitrogens with zero attached hydrogens (tertiary/aromatic N) is 1. The smallest absolute Gasteiger partial charge is 0.338 e. The van der Waals surface area contributed by atoms with E-state index in [9.17, 15) is 9.18 Å². The summed E-state index contributed by atoms with van der Waals surface area (Å²) in [5.74, 6) is -0.819. The predicted octanol–water partition coefficient (Wildman–Crippen LogP) is 3.75. The van der Waals surface area contributed by atoms with Crippen molar-refractivity contribution in [1.29, 1.82) is 0 Å². The third-order valence-electron chi connectivity index (χ3n) is 2.65. The Bertz CT molecular complexity index is 638. The number of esters is 1. The molecule has 0 aliphatic heterocycles. The molecule has 0 aliphatic carbocycles. The van der Waals surface area contributed by atoms with Crippen LogP contribution in [0, 0.1) is 5.82 Å². The highest BCUT2D eigenvalue weighted by Gasteiger charge is 2.10. The number of carbonyl (C=O) groups is 1. The molecule has 0 unspecified atom stereocenters. The molecule has 0 radical (unpaired) electrons. The van der Waals surface area contributed by atoms with Gasteiger partial charge in [-0.25, -0.2) is 9.18 Å². The Hall–Kier alpha value is -2.49. The maximum atomic E-state index is 13.5. The highest BCUT2D eigenvalue weighted by molar-refractivity contribution is 5.99. The first kappa shape index (κ1) is 13.9. The Morgan fingerprint density at radius 3 is 2.65 bits per heavy atom. The van der Waals surface area contributed by atoms with Crippen LogP contribution >= 0.6 is 0 Å². The lowest BCUT2D eigenvalue weighted by molar-refractivity contribution is 0.0526. The van der Waals surface area contributed by atoms with Crippen molar-refractivity contribution < 1.29 is 13.9 Å². The first-order valence-electron chi connectivity index (χ1n) is 6.27. The Morgan fingerprint density at radius 2 is 1.90 bits per heavy atom. The van der Waals surface area contributed by atoms with Crippen LogP contribution < -0.4 is 0 Å². The quantitative estimate of drug-likeness (QED) is 0.627. The van der Waals surface area contributed by atoms with Gasteiger partial charge in [0.1, 0.15) is 5.82 Å². The second kappa shape index (κ2) is 6.61. The van der Waals surface area contributed by atoms with Crippen molar-refractivity contribution >= 4 is 17.9 Å². The van der Waals surface area contributed by atoms with Crippen molar-refractivity contribution in [3.8, 4) is 0 Å². The van der Waals surface area contributed by atoms with Crippen molar-refractivity contribution in [2.24, 2.45) is 4.99 Å². The van der Waals surface area contributed by atoms with Gasteiger partial charge in [0.25, 0.3) is 0 Å². The molecule has 0 aromatic heterocycles. The van der Waals surface area contributed by atoms with Gasteiger partial charge in [-0.3, -0.25) is 4.99 Å². The number of benzene rings is 2. The van der Waals surface area contributed by atoms with Gasteiger partial charge in [-0.15, -0.1) is 0 Å². The molecule has 4 heteroatoms. The molecule has 0 amide bonds. The minimum atomic E-state index is -0.414. The number of ether oxygens (including phenoxy) is 1. The van der Waals surface area contributed by atoms with Gasteiger partial charge in [-0.05, 0) is 25.1 Å². The third-order valence-corrected chi connectivity index (χ3v) is 2.65. The van der Waals surface area contributed by atoms with Crippen molar-refractivity contribution in [2.45, 2.75) is 6.92 Å². The van der Waals surface area contributed by atoms with Gasteiger partial charge in [-0.1, -0.05) is 30.3 Å². The van der Waals surface area contributed by atoms with Gasteiger partial charge in [0.15, 0.2) is 0 Å². The van der Waals surface area contributed by atoms with Crippen LogP contribution in [-0.2, 0) is 4.74 Å². The molecule has 102 valence electrons. The molecule has 2 aromatic carbocycles. The molecule has 0 saturated heterocycles. The van der Waals surface area contributed by atoms with Crippen molar-refractivity contribution in [3.05, 3.63) is 65.5 Å². The molecule has 0 fully saturated rings. The van der Waals surface area contributed by atoms with E-state index in [2.05, 4.69) is 4.99 Å². The normalized spacial score (nSPS) is 10.7. The van der Waals surface area contributed by atoms with Crippen LogP contribution in [0.25, 0.3) is 0 Å². The third kappa shape index (κ3) is 3.29. The summed E-state index contributed by atoms with van der Waals surface area (Å²) in [4.78, 5) is 15.9. The number of rotatable bonds is 4. The minimum Gasteiger partial charge on any atom is -0.462 e. The summed E-state index contributed by atoms with van der Waals surface area (Å²) in [6.45, 7) is 2.05. The Morgan fingerprint density at radius 1 is 1.20 bits per heavy atom. The van der Waals surface area contributed by atoms with Crippen LogP contribution in [0.5, 0.6) is 0 Å². The SMILES string of the molecule is CCOC(=O)c1ccccc1/C=N\c1ccccc1F. The number of aliphatic imine (C=N–C) groups is 1. The van der Waals surface area contributed by atoms with E-state index in [1.165, 1.54) is 12.3 Å². The summed E-state index contributed by atoms with van der Waals surface area (Å²) >= 11 is 0. The molecule has 3 nitrogen and oxygen atoms in total. The lowest BCUT2D eigenvalue weighted by Crippen LogP contribution is -2.07. The molecule has 20 heavy (non-hydrogen) atoms. The zero-order valence-corrected chi connectivity index (χ0v) is 11.0. The Kier molecular flexibility index (Phi) is 4.60. The van der Waals surface area contributed by atoms with E-state index >= 15 is 0 Å². The summed E-state index contributed by atoms with van der Waals surface area (Å²) in [5, 5.41) is 0. The Balaban J connectivity index is 2.30. The van der Waals surface area contributed by atoms with Gasteiger partial charge in [0.2, 0.25) is 0 Å². The van der Waals surface area contributed by atoms with Crippen molar-refractivity contribution in [1.82, 2.24) is 0 Å². The topological polar surface area (TPSA) is 38.7 Å². The summed E-state index contributed by atoms with van der Waals surface area (Å²) in [6, 6.07) is 13.1. The van der Waals surface area contributed by atoms with E-state index in [0.717, 1.165) is 0 Å². The highest BCUT2D eigenvalue weighted by atomic mass is 19.1. The van der Waals surface area contributed by atoms with E-state index in [-0.39, 0.29) is 5.69 Å². The number of para-hydroxylation sites is 1. The maximum absolute atomic E-state index is 13.5. The maximum Gasteiger partial charge on any atom is 0.338 e. The van der Waals surface area contributed by atoms with Crippen LogP contribution in [0.4, 0.5) is 10.1 Å². The van der Waals surface area contributed by atoms with Gasteiger partial charge in [-0.2, -0.15) is 0 Å². The predicted molar refractivity (Wildman–Crippen MR) is 76.1 cm³/mol. The molecule has 0 aliphatic rings.